The van der Waals surface area contributed by atoms with E-state index in [9.17, 15) is 0 Å². The first kappa shape index (κ1) is 21.4. The van der Waals surface area contributed by atoms with Crippen LogP contribution in [0.5, 0.6) is 0 Å². The van der Waals surface area contributed by atoms with Crippen LogP contribution in [0.3, 0.4) is 0 Å². The van der Waals surface area contributed by atoms with Crippen molar-refractivity contribution in [1.29, 1.82) is 0 Å². The Hall–Kier alpha value is -1.65. The third kappa shape index (κ3) is 6.63. The highest BCUT2D eigenvalue weighted by Crippen LogP contribution is 2.22. The van der Waals surface area contributed by atoms with Crippen LogP contribution in [0.2, 0.25) is 0 Å². The maximum absolute atomic E-state index is 5.39. The highest BCUT2D eigenvalue weighted by Gasteiger charge is 2.13. The van der Waals surface area contributed by atoms with Gasteiger partial charge in [-0.3, -0.25) is 0 Å². The van der Waals surface area contributed by atoms with Crippen molar-refractivity contribution in [2.75, 3.05) is 6.54 Å². The maximum Gasteiger partial charge on any atom is 0.246 e. The van der Waals surface area contributed by atoms with E-state index in [0.717, 1.165) is 30.8 Å². The highest BCUT2D eigenvalue weighted by atomic mass is 127. The van der Waals surface area contributed by atoms with Gasteiger partial charge in [-0.2, -0.15) is 4.98 Å². The Kier molecular flexibility index (Phi) is 9.46. The zero-order valence-corrected chi connectivity index (χ0v) is 17.5. The van der Waals surface area contributed by atoms with Crippen LogP contribution in [0.25, 0.3) is 0 Å². The average molecular weight is 462 g/mol. The molecular formula is C16H27IN6O2. The lowest BCUT2D eigenvalue weighted by atomic mass is 9.99. The number of guanidine groups is 1. The SMILES string of the molecule is CCNC(=NCc1cc(C(CC)CC)no1)NCc1nc(C)no1.I. The van der Waals surface area contributed by atoms with Gasteiger partial charge in [-0.1, -0.05) is 24.2 Å². The molecule has 0 aromatic carbocycles. The predicted octanol–water partition coefficient (Wildman–Crippen LogP) is 3.14. The number of hydrogen-bond acceptors (Lipinski definition) is 6. The van der Waals surface area contributed by atoms with Crippen LogP contribution >= 0.6 is 24.0 Å². The third-order valence-electron chi connectivity index (χ3n) is 3.69. The van der Waals surface area contributed by atoms with Gasteiger partial charge in [-0.05, 0) is 26.7 Å². The zero-order valence-electron chi connectivity index (χ0n) is 15.2. The molecule has 0 unspecified atom stereocenters. The van der Waals surface area contributed by atoms with Crippen LogP contribution in [-0.4, -0.2) is 27.8 Å². The fourth-order valence-corrected chi connectivity index (χ4v) is 2.37. The summed E-state index contributed by atoms with van der Waals surface area (Å²) in [7, 11) is 0. The minimum atomic E-state index is 0. The van der Waals surface area contributed by atoms with Crippen LogP contribution in [0, 0.1) is 6.92 Å². The lowest BCUT2D eigenvalue weighted by Crippen LogP contribution is -2.36. The summed E-state index contributed by atoms with van der Waals surface area (Å²) in [6.07, 6.45) is 2.11. The van der Waals surface area contributed by atoms with E-state index >= 15 is 0 Å². The Morgan fingerprint density at radius 2 is 1.92 bits per heavy atom. The summed E-state index contributed by atoms with van der Waals surface area (Å²) < 4.78 is 10.5. The number of aliphatic imine (C=N–C) groups is 1. The van der Waals surface area contributed by atoms with Gasteiger partial charge in [-0.15, -0.1) is 24.0 Å². The molecule has 0 saturated carbocycles. The van der Waals surface area contributed by atoms with Gasteiger partial charge in [0.1, 0.15) is 6.54 Å². The average Bonchev–Trinajstić information content (AvgIpc) is 3.21. The van der Waals surface area contributed by atoms with Gasteiger partial charge < -0.3 is 19.7 Å². The number of aryl methyl sites for hydroxylation is 1. The molecule has 0 bridgehead atoms. The third-order valence-corrected chi connectivity index (χ3v) is 3.69. The van der Waals surface area contributed by atoms with E-state index in [4.69, 9.17) is 9.05 Å². The molecule has 2 rings (SSSR count). The molecule has 2 aromatic rings. The Bertz CT molecular complexity index is 651. The summed E-state index contributed by atoms with van der Waals surface area (Å²) in [6, 6.07) is 1.99. The van der Waals surface area contributed by atoms with E-state index < -0.39 is 0 Å². The Labute approximate surface area is 165 Å². The Morgan fingerprint density at radius 3 is 2.52 bits per heavy atom. The largest absolute Gasteiger partial charge is 0.359 e. The van der Waals surface area contributed by atoms with Crippen molar-refractivity contribution >= 4 is 29.9 Å². The molecule has 0 atom stereocenters. The fourth-order valence-electron chi connectivity index (χ4n) is 2.37. The number of nitrogens with zero attached hydrogens (tertiary/aromatic N) is 4. The van der Waals surface area contributed by atoms with Gasteiger partial charge in [0.25, 0.3) is 0 Å². The monoisotopic (exact) mass is 462 g/mol. The Balaban J connectivity index is 0.00000312. The quantitative estimate of drug-likeness (QED) is 0.353. The molecule has 140 valence electrons. The molecule has 2 N–H and O–H groups in total. The van der Waals surface area contributed by atoms with E-state index in [-0.39, 0.29) is 24.0 Å². The van der Waals surface area contributed by atoms with E-state index in [0.29, 0.717) is 36.7 Å². The van der Waals surface area contributed by atoms with Gasteiger partial charge >= 0.3 is 0 Å². The minimum absolute atomic E-state index is 0. The van der Waals surface area contributed by atoms with Crippen LogP contribution in [0.15, 0.2) is 20.1 Å². The highest BCUT2D eigenvalue weighted by molar-refractivity contribution is 14.0. The molecule has 0 aliphatic carbocycles. The number of hydrogen-bond donors (Lipinski definition) is 2. The first-order chi connectivity index (χ1) is 11.7. The normalized spacial score (nSPS) is 11.5. The lowest BCUT2D eigenvalue weighted by Gasteiger charge is -2.08. The second-order valence-electron chi connectivity index (χ2n) is 5.52. The van der Waals surface area contributed by atoms with Crippen molar-refractivity contribution < 1.29 is 9.05 Å². The molecule has 9 heteroatoms. The second kappa shape index (κ2) is 11.1. The van der Waals surface area contributed by atoms with Crippen molar-refractivity contribution in [3.8, 4) is 0 Å². The molecule has 0 aliphatic rings. The van der Waals surface area contributed by atoms with Crippen molar-refractivity contribution in [2.24, 2.45) is 4.99 Å². The van der Waals surface area contributed by atoms with E-state index in [1.165, 1.54) is 0 Å². The van der Waals surface area contributed by atoms with Crippen LogP contribution in [0.1, 0.15) is 62.7 Å². The first-order valence-corrected chi connectivity index (χ1v) is 8.43. The molecule has 0 aliphatic heterocycles. The summed E-state index contributed by atoms with van der Waals surface area (Å²) in [5.74, 6) is 2.99. The molecule has 0 saturated heterocycles. The fraction of sp³-hybridized carbons (Fsp3) is 0.625. The zero-order chi connectivity index (χ0) is 17.4. The van der Waals surface area contributed by atoms with Gasteiger partial charge in [0.05, 0.1) is 12.2 Å². The van der Waals surface area contributed by atoms with E-state index in [1.807, 2.05) is 13.0 Å². The lowest BCUT2D eigenvalue weighted by molar-refractivity contribution is 0.369. The van der Waals surface area contributed by atoms with Gasteiger partial charge in [0.15, 0.2) is 17.5 Å². The molecule has 25 heavy (non-hydrogen) atoms. The van der Waals surface area contributed by atoms with Crippen molar-refractivity contribution in [2.45, 2.75) is 59.5 Å². The smallest absolute Gasteiger partial charge is 0.246 e. The van der Waals surface area contributed by atoms with Gasteiger partial charge in [0.2, 0.25) is 5.89 Å². The van der Waals surface area contributed by atoms with Crippen molar-refractivity contribution in [1.82, 2.24) is 25.9 Å². The molecule has 2 heterocycles. The summed E-state index contributed by atoms with van der Waals surface area (Å²) in [5, 5.41) is 14.2. The number of halogens is 1. The minimum Gasteiger partial charge on any atom is -0.359 e. The van der Waals surface area contributed by atoms with Crippen LogP contribution in [-0.2, 0) is 13.1 Å². The molecule has 0 radical (unpaired) electrons. The predicted molar refractivity (Wildman–Crippen MR) is 106 cm³/mol. The molecule has 8 nitrogen and oxygen atoms in total. The molecule has 2 aromatic heterocycles. The topological polar surface area (TPSA) is 101 Å². The summed E-state index contributed by atoms with van der Waals surface area (Å²) in [4.78, 5) is 8.65. The summed E-state index contributed by atoms with van der Waals surface area (Å²) >= 11 is 0. The molecular weight excluding hydrogens is 435 g/mol. The summed E-state index contributed by atoms with van der Waals surface area (Å²) in [6.45, 7) is 9.71. The van der Waals surface area contributed by atoms with E-state index in [1.54, 1.807) is 6.92 Å². The summed E-state index contributed by atoms with van der Waals surface area (Å²) in [5.41, 5.74) is 1.00. The standard InChI is InChI=1S/C16H26N6O2.HI/c1-5-12(6-2)14-8-13(23-22-14)9-18-16(17-7-3)19-10-15-20-11(4)21-24-15;/h8,12H,5-7,9-10H2,1-4H3,(H2,17,18,19);1H. The number of nitrogens with one attached hydrogen (secondary N) is 2. The number of aromatic nitrogens is 3. The molecule has 0 fully saturated rings. The van der Waals surface area contributed by atoms with Crippen molar-refractivity contribution in [3.63, 3.8) is 0 Å². The second-order valence-corrected chi connectivity index (χ2v) is 5.52. The Morgan fingerprint density at radius 1 is 1.16 bits per heavy atom. The van der Waals surface area contributed by atoms with Gasteiger partial charge in [-0.25, -0.2) is 4.99 Å². The number of rotatable bonds is 8. The maximum atomic E-state index is 5.39. The molecule has 0 amide bonds. The van der Waals surface area contributed by atoms with Crippen molar-refractivity contribution in [3.05, 3.63) is 29.2 Å². The van der Waals surface area contributed by atoms with Gasteiger partial charge in [0, 0.05) is 18.5 Å². The van der Waals surface area contributed by atoms with E-state index in [2.05, 4.69) is 44.8 Å². The van der Waals surface area contributed by atoms with Crippen LogP contribution in [0.4, 0.5) is 0 Å². The first-order valence-electron chi connectivity index (χ1n) is 8.43. The molecule has 0 spiro atoms. The van der Waals surface area contributed by atoms with Crippen LogP contribution < -0.4 is 10.6 Å².